The fraction of sp³-hybridized carbons (Fsp3) is 0.214. The maximum absolute atomic E-state index is 11.8. The van der Waals surface area contributed by atoms with Crippen LogP contribution in [-0.4, -0.2) is 34.9 Å². The van der Waals surface area contributed by atoms with Crippen molar-refractivity contribution in [3.05, 3.63) is 53.1 Å². The molecule has 6 nitrogen and oxygen atoms in total. The molecule has 2 rings (SSSR count). The highest BCUT2D eigenvalue weighted by atomic mass is 35.5. The lowest BCUT2D eigenvalue weighted by atomic mass is 10.2. The Morgan fingerprint density at radius 2 is 1.95 bits per heavy atom. The van der Waals surface area contributed by atoms with Gasteiger partial charge in [-0.3, -0.25) is 9.59 Å². The van der Waals surface area contributed by atoms with Gasteiger partial charge in [0.2, 0.25) is 5.91 Å². The quantitative estimate of drug-likeness (QED) is 0.748. The molecule has 0 aliphatic rings. The molecule has 0 saturated carbocycles. The third-order valence-corrected chi connectivity index (χ3v) is 3.04. The fourth-order valence-corrected chi connectivity index (χ4v) is 1.81. The molecule has 1 aromatic heterocycles. The number of nitrogens with one attached hydrogen (secondary N) is 3. The van der Waals surface area contributed by atoms with Crippen molar-refractivity contribution in [1.82, 2.24) is 20.6 Å². The van der Waals surface area contributed by atoms with Crippen molar-refractivity contribution in [2.45, 2.75) is 6.42 Å². The van der Waals surface area contributed by atoms with E-state index in [0.717, 1.165) is 5.69 Å². The van der Waals surface area contributed by atoms with Gasteiger partial charge in [-0.25, -0.2) is 4.98 Å². The molecule has 0 aliphatic heterocycles. The summed E-state index contributed by atoms with van der Waals surface area (Å²) in [6.45, 7) is 0.419. The number of aromatic nitrogens is 2. The number of hydrogen-bond acceptors (Lipinski definition) is 3. The highest BCUT2D eigenvalue weighted by molar-refractivity contribution is 6.30. The number of rotatable bonds is 6. The van der Waals surface area contributed by atoms with Gasteiger partial charge in [0.15, 0.2) is 0 Å². The summed E-state index contributed by atoms with van der Waals surface area (Å²) in [5.74, 6) is -0.549. The number of aromatic amines is 1. The van der Waals surface area contributed by atoms with Crippen LogP contribution >= 0.6 is 11.6 Å². The van der Waals surface area contributed by atoms with Crippen LogP contribution in [0, 0.1) is 0 Å². The van der Waals surface area contributed by atoms with E-state index in [2.05, 4.69) is 20.6 Å². The van der Waals surface area contributed by atoms with Crippen LogP contribution in [0.2, 0.25) is 5.02 Å². The number of benzene rings is 1. The van der Waals surface area contributed by atoms with Gasteiger partial charge in [-0.15, -0.1) is 0 Å². The molecule has 21 heavy (non-hydrogen) atoms. The van der Waals surface area contributed by atoms with E-state index in [9.17, 15) is 9.59 Å². The molecule has 0 radical (unpaired) electrons. The van der Waals surface area contributed by atoms with Gasteiger partial charge < -0.3 is 15.6 Å². The predicted molar refractivity (Wildman–Crippen MR) is 79.1 cm³/mol. The number of carbonyl (C=O) groups is 2. The minimum Gasteiger partial charge on any atom is -0.354 e. The molecular weight excluding hydrogens is 292 g/mol. The topological polar surface area (TPSA) is 86.9 Å². The summed E-state index contributed by atoms with van der Waals surface area (Å²) in [6.07, 6.45) is 3.95. The zero-order valence-electron chi connectivity index (χ0n) is 11.2. The highest BCUT2D eigenvalue weighted by Crippen LogP contribution is 2.09. The second-order valence-electron chi connectivity index (χ2n) is 4.37. The Balaban J connectivity index is 1.68. The largest absolute Gasteiger partial charge is 0.354 e. The van der Waals surface area contributed by atoms with Crippen LogP contribution in [0.4, 0.5) is 0 Å². The van der Waals surface area contributed by atoms with E-state index in [0.29, 0.717) is 23.6 Å². The van der Waals surface area contributed by atoms with Gasteiger partial charge in [-0.2, -0.15) is 0 Å². The molecule has 0 aliphatic carbocycles. The molecule has 1 aromatic carbocycles. The first-order valence-electron chi connectivity index (χ1n) is 6.43. The lowest BCUT2D eigenvalue weighted by Gasteiger charge is -2.06. The Morgan fingerprint density at radius 3 is 2.62 bits per heavy atom. The average molecular weight is 307 g/mol. The molecule has 0 bridgehead atoms. The van der Waals surface area contributed by atoms with Gasteiger partial charge in [-0.1, -0.05) is 11.6 Å². The van der Waals surface area contributed by atoms with Crippen LogP contribution in [0.1, 0.15) is 16.1 Å². The van der Waals surface area contributed by atoms with E-state index in [-0.39, 0.29) is 18.4 Å². The number of halogens is 1. The zero-order valence-corrected chi connectivity index (χ0v) is 12.0. The molecule has 0 atom stereocenters. The SMILES string of the molecule is O=C(CNC(=O)c1ccc(Cl)cc1)NCCc1cnc[nH]1. The lowest BCUT2D eigenvalue weighted by Crippen LogP contribution is -2.37. The smallest absolute Gasteiger partial charge is 0.251 e. The van der Waals surface area contributed by atoms with Crippen LogP contribution in [0.3, 0.4) is 0 Å². The minimum atomic E-state index is -0.310. The van der Waals surface area contributed by atoms with E-state index in [1.807, 2.05) is 0 Å². The number of carbonyl (C=O) groups excluding carboxylic acids is 2. The zero-order chi connectivity index (χ0) is 15.1. The third kappa shape index (κ3) is 4.92. The average Bonchev–Trinajstić information content (AvgIpc) is 2.99. The molecule has 0 spiro atoms. The predicted octanol–water partition coefficient (Wildman–Crippen LogP) is 1.15. The van der Waals surface area contributed by atoms with Crippen LogP contribution < -0.4 is 10.6 Å². The van der Waals surface area contributed by atoms with Gasteiger partial charge in [0.1, 0.15) is 0 Å². The monoisotopic (exact) mass is 306 g/mol. The van der Waals surface area contributed by atoms with E-state index < -0.39 is 0 Å². The lowest BCUT2D eigenvalue weighted by molar-refractivity contribution is -0.120. The van der Waals surface area contributed by atoms with Crippen molar-refractivity contribution < 1.29 is 9.59 Å². The molecule has 3 N–H and O–H groups in total. The van der Waals surface area contributed by atoms with Crippen molar-refractivity contribution in [3.8, 4) is 0 Å². The van der Waals surface area contributed by atoms with Crippen molar-refractivity contribution in [3.63, 3.8) is 0 Å². The fourth-order valence-electron chi connectivity index (χ4n) is 1.68. The minimum absolute atomic E-state index is 0.0650. The summed E-state index contributed by atoms with van der Waals surface area (Å²) >= 11 is 5.74. The summed E-state index contributed by atoms with van der Waals surface area (Å²) in [5.41, 5.74) is 1.41. The first kappa shape index (κ1) is 15.1. The Bertz CT molecular complexity index is 596. The number of hydrogen-bond donors (Lipinski definition) is 3. The molecule has 0 fully saturated rings. The third-order valence-electron chi connectivity index (χ3n) is 2.79. The van der Waals surface area contributed by atoms with Gasteiger partial charge in [-0.05, 0) is 24.3 Å². The first-order valence-corrected chi connectivity index (χ1v) is 6.80. The van der Waals surface area contributed by atoms with Gasteiger partial charge in [0, 0.05) is 35.4 Å². The Kier molecular flexibility index (Phi) is 5.34. The molecular formula is C14H15ClN4O2. The molecule has 0 unspecified atom stereocenters. The summed E-state index contributed by atoms with van der Waals surface area (Å²) < 4.78 is 0. The van der Waals surface area contributed by atoms with Gasteiger partial charge in [0.05, 0.1) is 12.9 Å². The number of amides is 2. The Labute approximate surface area is 126 Å². The molecule has 110 valence electrons. The van der Waals surface area contributed by atoms with Gasteiger partial charge >= 0.3 is 0 Å². The Morgan fingerprint density at radius 1 is 1.19 bits per heavy atom. The van der Waals surface area contributed by atoms with E-state index >= 15 is 0 Å². The number of nitrogens with zero attached hydrogens (tertiary/aromatic N) is 1. The van der Waals surface area contributed by atoms with Crippen molar-refractivity contribution >= 4 is 23.4 Å². The second kappa shape index (κ2) is 7.44. The van der Waals surface area contributed by atoms with E-state index in [1.165, 1.54) is 0 Å². The first-order chi connectivity index (χ1) is 10.1. The summed E-state index contributed by atoms with van der Waals surface area (Å²) in [7, 11) is 0. The van der Waals surface area contributed by atoms with Crippen molar-refractivity contribution in [2.24, 2.45) is 0 Å². The maximum atomic E-state index is 11.8. The van der Waals surface area contributed by atoms with Crippen LogP contribution in [0.5, 0.6) is 0 Å². The standard InChI is InChI=1S/C14H15ClN4O2/c15-11-3-1-10(2-4-11)14(21)18-8-13(20)17-6-5-12-7-16-9-19-12/h1-4,7,9H,5-6,8H2,(H,16,19)(H,17,20)(H,18,21). The molecule has 0 saturated heterocycles. The molecule has 7 heteroatoms. The molecule has 2 aromatic rings. The van der Waals surface area contributed by atoms with Crippen LogP contribution in [0.25, 0.3) is 0 Å². The van der Waals surface area contributed by atoms with Crippen molar-refractivity contribution in [2.75, 3.05) is 13.1 Å². The van der Waals surface area contributed by atoms with E-state index in [1.54, 1.807) is 36.8 Å². The highest BCUT2D eigenvalue weighted by Gasteiger charge is 2.07. The Hall–Kier alpha value is -2.34. The second-order valence-corrected chi connectivity index (χ2v) is 4.80. The summed E-state index contributed by atoms with van der Waals surface area (Å²) in [6, 6.07) is 6.46. The molecule has 2 amide bonds. The van der Waals surface area contributed by atoms with Crippen molar-refractivity contribution in [1.29, 1.82) is 0 Å². The summed E-state index contributed by atoms with van der Waals surface area (Å²) in [4.78, 5) is 30.2. The maximum Gasteiger partial charge on any atom is 0.251 e. The normalized spacial score (nSPS) is 10.1. The summed E-state index contributed by atoms with van der Waals surface area (Å²) in [5, 5.41) is 5.82. The number of H-pyrrole nitrogens is 1. The van der Waals surface area contributed by atoms with Crippen LogP contribution in [-0.2, 0) is 11.2 Å². The molecule has 1 heterocycles. The van der Waals surface area contributed by atoms with E-state index in [4.69, 9.17) is 11.6 Å². The number of imidazole rings is 1. The van der Waals surface area contributed by atoms with Gasteiger partial charge in [0.25, 0.3) is 5.91 Å². The van der Waals surface area contributed by atoms with Crippen LogP contribution in [0.15, 0.2) is 36.8 Å².